The predicted molar refractivity (Wildman–Crippen MR) is 33.0 cm³/mol. The number of hydrogen-bond acceptors (Lipinski definition) is 2. The summed E-state index contributed by atoms with van der Waals surface area (Å²) in [5.41, 5.74) is 0. The van der Waals surface area contributed by atoms with Crippen molar-refractivity contribution in [3.8, 4) is 0 Å². The average Bonchev–Trinajstić information content (AvgIpc) is 2.66. The topological polar surface area (TPSA) is 34.1 Å². The van der Waals surface area contributed by atoms with E-state index in [1.165, 1.54) is 0 Å². The van der Waals surface area contributed by atoms with Gasteiger partial charge < -0.3 is 0 Å². The van der Waals surface area contributed by atoms with E-state index in [0.29, 0.717) is 6.42 Å². The molecule has 1 aliphatic rings. The summed E-state index contributed by atoms with van der Waals surface area (Å²) in [7, 11) is 0. The van der Waals surface area contributed by atoms with Gasteiger partial charge in [-0.2, -0.15) is 0 Å². The molecule has 9 heavy (non-hydrogen) atoms. The Balaban J connectivity index is 2.40. The Bertz CT molecular complexity index is 145. The van der Waals surface area contributed by atoms with Crippen LogP contribution in [0, 0.1) is 5.92 Å². The van der Waals surface area contributed by atoms with E-state index in [1.54, 1.807) is 6.92 Å². The molecule has 0 N–H and O–H groups in total. The number of ketones is 2. The lowest BCUT2D eigenvalue weighted by atomic mass is 10.1. The molecule has 0 saturated heterocycles. The molecule has 0 radical (unpaired) electrons. The van der Waals surface area contributed by atoms with Crippen LogP contribution in [-0.2, 0) is 9.59 Å². The van der Waals surface area contributed by atoms with Crippen molar-refractivity contribution >= 4 is 11.6 Å². The molecule has 2 nitrogen and oxygen atoms in total. The monoisotopic (exact) mass is 126 g/mol. The molecule has 1 rings (SSSR count). The highest BCUT2D eigenvalue weighted by Crippen LogP contribution is 2.30. The molecule has 0 spiro atoms. The molecule has 0 aromatic rings. The molecule has 0 bridgehead atoms. The van der Waals surface area contributed by atoms with Gasteiger partial charge >= 0.3 is 0 Å². The molecular formula is C7H10O2. The lowest BCUT2D eigenvalue weighted by Crippen LogP contribution is -2.13. The summed E-state index contributed by atoms with van der Waals surface area (Å²) in [6, 6.07) is 0. The van der Waals surface area contributed by atoms with Crippen LogP contribution in [0.5, 0.6) is 0 Å². The second-order valence-electron chi connectivity index (χ2n) is 2.42. The molecule has 1 saturated carbocycles. The third-order valence-electron chi connectivity index (χ3n) is 1.54. The zero-order valence-electron chi connectivity index (χ0n) is 5.52. The van der Waals surface area contributed by atoms with Gasteiger partial charge in [-0.1, -0.05) is 6.92 Å². The average molecular weight is 126 g/mol. The van der Waals surface area contributed by atoms with Gasteiger partial charge in [-0.3, -0.25) is 9.59 Å². The highest BCUT2D eigenvalue weighted by Gasteiger charge is 2.32. The van der Waals surface area contributed by atoms with Gasteiger partial charge in [-0.15, -0.1) is 0 Å². The van der Waals surface area contributed by atoms with Crippen LogP contribution in [-0.4, -0.2) is 11.6 Å². The third kappa shape index (κ3) is 1.37. The van der Waals surface area contributed by atoms with Gasteiger partial charge in [0.05, 0.1) is 0 Å². The van der Waals surface area contributed by atoms with E-state index >= 15 is 0 Å². The number of carbonyl (C=O) groups excluding carboxylic acids is 2. The quantitative estimate of drug-likeness (QED) is 0.527. The molecule has 50 valence electrons. The Morgan fingerprint density at radius 3 is 2.33 bits per heavy atom. The van der Waals surface area contributed by atoms with Crippen molar-refractivity contribution in [2.75, 3.05) is 0 Å². The maximum atomic E-state index is 10.8. The van der Waals surface area contributed by atoms with E-state index in [-0.39, 0.29) is 17.5 Å². The van der Waals surface area contributed by atoms with Gasteiger partial charge in [0.1, 0.15) is 0 Å². The van der Waals surface area contributed by atoms with Crippen LogP contribution >= 0.6 is 0 Å². The zero-order valence-corrected chi connectivity index (χ0v) is 5.52. The van der Waals surface area contributed by atoms with Crippen molar-refractivity contribution in [2.45, 2.75) is 26.2 Å². The smallest absolute Gasteiger partial charge is 0.201 e. The number of rotatable bonds is 3. The standard InChI is InChI=1S/C7H10O2/c1-2-6(8)7(9)5-3-4-5/h5H,2-4H2,1H3. The molecule has 1 fully saturated rings. The first-order chi connectivity index (χ1) is 4.25. The van der Waals surface area contributed by atoms with Gasteiger partial charge in [0, 0.05) is 12.3 Å². The second kappa shape index (κ2) is 2.29. The van der Waals surface area contributed by atoms with Crippen molar-refractivity contribution in [2.24, 2.45) is 5.92 Å². The largest absolute Gasteiger partial charge is 0.291 e. The van der Waals surface area contributed by atoms with E-state index in [9.17, 15) is 9.59 Å². The minimum Gasteiger partial charge on any atom is -0.291 e. The summed E-state index contributed by atoms with van der Waals surface area (Å²) >= 11 is 0. The molecule has 0 atom stereocenters. The number of carbonyl (C=O) groups is 2. The van der Waals surface area contributed by atoms with E-state index in [0.717, 1.165) is 12.8 Å². The van der Waals surface area contributed by atoms with Crippen molar-refractivity contribution in [1.29, 1.82) is 0 Å². The van der Waals surface area contributed by atoms with Crippen LogP contribution in [0.3, 0.4) is 0 Å². The van der Waals surface area contributed by atoms with Gasteiger partial charge in [0.2, 0.25) is 5.78 Å². The third-order valence-corrected chi connectivity index (χ3v) is 1.54. The zero-order chi connectivity index (χ0) is 6.85. The first-order valence-corrected chi connectivity index (χ1v) is 3.32. The maximum absolute atomic E-state index is 10.8. The van der Waals surface area contributed by atoms with Gasteiger partial charge in [0.25, 0.3) is 0 Å². The van der Waals surface area contributed by atoms with Crippen LogP contribution in [0.25, 0.3) is 0 Å². The summed E-state index contributed by atoms with van der Waals surface area (Å²) in [6.45, 7) is 1.72. The summed E-state index contributed by atoms with van der Waals surface area (Å²) in [5.74, 6) is -0.229. The van der Waals surface area contributed by atoms with Crippen molar-refractivity contribution in [3.63, 3.8) is 0 Å². The second-order valence-corrected chi connectivity index (χ2v) is 2.42. The molecule has 0 aliphatic heterocycles. The normalized spacial score (nSPS) is 17.4. The predicted octanol–water partition coefficient (Wildman–Crippen LogP) is 0.945. The van der Waals surface area contributed by atoms with Crippen LogP contribution < -0.4 is 0 Å². The summed E-state index contributed by atoms with van der Waals surface area (Å²) < 4.78 is 0. The molecule has 0 aromatic carbocycles. The molecule has 0 heterocycles. The van der Waals surface area contributed by atoms with Gasteiger partial charge in [-0.25, -0.2) is 0 Å². The van der Waals surface area contributed by atoms with Gasteiger partial charge in [-0.05, 0) is 12.8 Å². The summed E-state index contributed by atoms with van der Waals surface area (Å²) in [6.07, 6.45) is 2.24. The minimum atomic E-state index is -0.197. The molecule has 2 heteroatoms. The van der Waals surface area contributed by atoms with Crippen LogP contribution in [0.4, 0.5) is 0 Å². The first-order valence-electron chi connectivity index (χ1n) is 3.32. The lowest BCUT2D eigenvalue weighted by Gasteiger charge is -1.89. The van der Waals surface area contributed by atoms with E-state index in [2.05, 4.69) is 0 Å². The first kappa shape index (κ1) is 6.46. The van der Waals surface area contributed by atoms with Crippen LogP contribution in [0.1, 0.15) is 26.2 Å². The molecule has 1 aliphatic carbocycles. The molecule has 0 unspecified atom stereocenters. The highest BCUT2D eigenvalue weighted by molar-refractivity contribution is 6.38. The summed E-state index contributed by atoms with van der Waals surface area (Å²) in [4.78, 5) is 21.4. The van der Waals surface area contributed by atoms with Crippen molar-refractivity contribution in [3.05, 3.63) is 0 Å². The van der Waals surface area contributed by atoms with Crippen molar-refractivity contribution in [1.82, 2.24) is 0 Å². The minimum absolute atomic E-state index is 0.109. The molecule has 0 aromatic heterocycles. The fraction of sp³-hybridized carbons (Fsp3) is 0.714. The molecule has 0 amide bonds. The highest BCUT2D eigenvalue weighted by atomic mass is 16.2. The van der Waals surface area contributed by atoms with Crippen LogP contribution in [0.15, 0.2) is 0 Å². The Morgan fingerprint density at radius 1 is 1.44 bits per heavy atom. The number of hydrogen-bond donors (Lipinski definition) is 0. The Kier molecular flexibility index (Phi) is 1.65. The lowest BCUT2D eigenvalue weighted by molar-refractivity contribution is -0.137. The SMILES string of the molecule is CCC(=O)C(=O)C1CC1. The Hall–Kier alpha value is -0.660. The van der Waals surface area contributed by atoms with Crippen molar-refractivity contribution < 1.29 is 9.59 Å². The van der Waals surface area contributed by atoms with Gasteiger partial charge in [0.15, 0.2) is 5.78 Å². The molecular weight excluding hydrogens is 116 g/mol. The van der Waals surface area contributed by atoms with E-state index in [4.69, 9.17) is 0 Å². The number of Topliss-reactive ketones (excluding diaryl/α,β-unsaturated/α-hetero) is 2. The fourth-order valence-corrected chi connectivity index (χ4v) is 0.747. The van der Waals surface area contributed by atoms with E-state index < -0.39 is 0 Å². The maximum Gasteiger partial charge on any atom is 0.201 e. The van der Waals surface area contributed by atoms with Crippen LogP contribution in [0.2, 0.25) is 0 Å². The summed E-state index contributed by atoms with van der Waals surface area (Å²) in [5, 5.41) is 0. The fourth-order valence-electron chi connectivity index (χ4n) is 0.747. The Morgan fingerprint density at radius 2 is 2.00 bits per heavy atom. The van der Waals surface area contributed by atoms with E-state index in [1.807, 2.05) is 0 Å². The Labute approximate surface area is 54.2 Å².